The molecule has 1 rings (SSSR count). The van der Waals surface area contributed by atoms with Crippen LogP contribution in [0.15, 0.2) is 24.3 Å². The lowest BCUT2D eigenvalue weighted by atomic mass is 9.99. The summed E-state index contributed by atoms with van der Waals surface area (Å²) < 4.78 is 5.16. The van der Waals surface area contributed by atoms with Gasteiger partial charge in [0.1, 0.15) is 5.75 Å². The first-order chi connectivity index (χ1) is 8.10. The molecule has 94 valence electrons. The third-order valence-corrected chi connectivity index (χ3v) is 2.92. The molecule has 0 fully saturated rings. The largest absolute Gasteiger partial charge is 0.495 e. The first-order valence-electron chi connectivity index (χ1n) is 5.79. The smallest absolute Gasteiger partial charge is 0.241 e. The Morgan fingerprint density at radius 1 is 1.47 bits per heavy atom. The lowest BCUT2D eigenvalue weighted by Crippen LogP contribution is -2.40. The summed E-state index contributed by atoms with van der Waals surface area (Å²) in [5, 5.41) is 2.79. The van der Waals surface area contributed by atoms with Crippen molar-refractivity contribution in [1.29, 1.82) is 0 Å². The number of methoxy groups -OCH3 is 1. The van der Waals surface area contributed by atoms with Gasteiger partial charge in [0.05, 0.1) is 18.8 Å². The van der Waals surface area contributed by atoms with E-state index in [1.54, 1.807) is 19.2 Å². The fraction of sp³-hybridized carbons (Fsp3) is 0.462. The molecule has 0 spiro atoms. The molecule has 2 atom stereocenters. The lowest BCUT2D eigenvalue weighted by Gasteiger charge is -2.18. The second-order valence-corrected chi connectivity index (χ2v) is 4.10. The SMILES string of the molecule is CCC(C)[C@H](N)C(=O)Nc1ccccc1OC. The molecule has 0 radical (unpaired) electrons. The van der Waals surface area contributed by atoms with Crippen LogP contribution in [0.4, 0.5) is 5.69 Å². The number of rotatable bonds is 5. The summed E-state index contributed by atoms with van der Waals surface area (Å²) in [5.74, 6) is 0.616. The summed E-state index contributed by atoms with van der Waals surface area (Å²) in [6.45, 7) is 3.98. The molecule has 0 aromatic heterocycles. The van der Waals surface area contributed by atoms with E-state index in [1.165, 1.54) is 0 Å². The third-order valence-electron chi connectivity index (χ3n) is 2.92. The standard InChI is InChI=1S/C13H20N2O2/c1-4-9(2)12(14)13(16)15-10-7-5-6-8-11(10)17-3/h5-9,12H,4,14H2,1-3H3,(H,15,16)/t9?,12-/m0/s1. The quantitative estimate of drug-likeness (QED) is 0.822. The van der Waals surface area contributed by atoms with E-state index < -0.39 is 6.04 Å². The number of hydrogen-bond donors (Lipinski definition) is 2. The minimum Gasteiger partial charge on any atom is -0.495 e. The van der Waals surface area contributed by atoms with E-state index in [2.05, 4.69) is 5.32 Å². The third kappa shape index (κ3) is 3.46. The van der Waals surface area contributed by atoms with Crippen molar-refractivity contribution in [1.82, 2.24) is 0 Å². The second-order valence-electron chi connectivity index (χ2n) is 4.10. The molecule has 1 unspecified atom stereocenters. The van der Waals surface area contributed by atoms with Crippen molar-refractivity contribution in [2.24, 2.45) is 11.7 Å². The van der Waals surface area contributed by atoms with Gasteiger partial charge in [-0.3, -0.25) is 4.79 Å². The summed E-state index contributed by atoms with van der Waals surface area (Å²) >= 11 is 0. The van der Waals surface area contributed by atoms with E-state index in [9.17, 15) is 4.79 Å². The number of para-hydroxylation sites is 2. The summed E-state index contributed by atoms with van der Waals surface area (Å²) in [7, 11) is 1.57. The van der Waals surface area contributed by atoms with Crippen LogP contribution in [-0.2, 0) is 4.79 Å². The van der Waals surface area contributed by atoms with Crippen LogP contribution in [0, 0.1) is 5.92 Å². The Hall–Kier alpha value is -1.55. The van der Waals surface area contributed by atoms with Gasteiger partial charge >= 0.3 is 0 Å². The van der Waals surface area contributed by atoms with Crippen molar-refractivity contribution in [2.45, 2.75) is 26.3 Å². The maximum absolute atomic E-state index is 11.9. The van der Waals surface area contributed by atoms with Crippen LogP contribution in [0.1, 0.15) is 20.3 Å². The Morgan fingerprint density at radius 2 is 2.12 bits per heavy atom. The minimum atomic E-state index is -0.495. The van der Waals surface area contributed by atoms with Crippen LogP contribution in [0.2, 0.25) is 0 Å². The van der Waals surface area contributed by atoms with E-state index in [1.807, 2.05) is 26.0 Å². The zero-order valence-electron chi connectivity index (χ0n) is 10.6. The van der Waals surface area contributed by atoms with Crippen LogP contribution in [0.5, 0.6) is 5.75 Å². The second kappa shape index (κ2) is 6.25. The van der Waals surface area contributed by atoms with Gasteiger partial charge in [-0.25, -0.2) is 0 Å². The fourth-order valence-corrected chi connectivity index (χ4v) is 1.48. The Kier molecular flexibility index (Phi) is 4.97. The van der Waals surface area contributed by atoms with Crippen molar-refractivity contribution in [2.75, 3.05) is 12.4 Å². The van der Waals surface area contributed by atoms with Gasteiger partial charge in [-0.05, 0) is 18.1 Å². The number of ether oxygens (including phenoxy) is 1. The maximum Gasteiger partial charge on any atom is 0.241 e. The molecule has 3 N–H and O–H groups in total. The molecular formula is C13H20N2O2. The summed E-state index contributed by atoms with van der Waals surface area (Å²) in [5.41, 5.74) is 6.51. The zero-order valence-corrected chi connectivity index (χ0v) is 10.6. The summed E-state index contributed by atoms with van der Waals surface area (Å²) in [6.07, 6.45) is 0.876. The molecule has 1 aromatic rings. The topological polar surface area (TPSA) is 64.4 Å². The summed E-state index contributed by atoms with van der Waals surface area (Å²) in [4.78, 5) is 11.9. The molecule has 0 aliphatic rings. The highest BCUT2D eigenvalue weighted by atomic mass is 16.5. The predicted molar refractivity (Wildman–Crippen MR) is 69.1 cm³/mol. The average molecular weight is 236 g/mol. The van der Waals surface area contributed by atoms with Crippen molar-refractivity contribution in [3.05, 3.63) is 24.3 Å². The molecule has 0 bridgehead atoms. The minimum absolute atomic E-state index is 0.157. The number of amides is 1. The summed E-state index contributed by atoms with van der Waals surface area (Å²) in [6, 6.07) is 6.78. The highest BCUT2D eigenvalue weighted by molar-refractivity contribution is 5.96. The highest BCUT2D eigenvalue weighted by Crippen LogP contribution is 2.23. The highest BCUT2D eigenvalue weighted by Gasteiger charge is 2.20. The molecule has 0 saturated heterocycles. The first kappa shape index (κ1) is 13.5. The molecule has 0 aliphatic carbocycles. The van der Waals surface area contributed by atoms with Gasteiger partial charge in [-0.1, -0.05) is 32.4 Å². The van der Waals surface area contributed by atoms with Gasteiger partial charge in [-0.2, -0.15) is 0 Å². The van der Waals surface area contributed by atoms with Crippen LogP contribution >= 0.6 is 0 Å². The Morgan fingerprint density at radius 3 is 2.71 bits per heavy atom. The fourth-order valence-electron chi connectivity index (χ4n) is 1.48. The van der Waals surface area contributed by atoms with Gasteiger partial charge in [0.2, 0.25) is 5.91 Å². The maximum atomic E-state index is 11.9. The number of carbonyl (C=O) groups is 1. The van der Waals surface area contributed by atoms with E-state index >= 15 is 0 Å². The first-order valence-corrected chi connectivity index (χ1v) is 5.79. The molecule has 1 amide bonds. The van der Waals surface area contributed by atoms with Crippen LogP contribution in [-0.4, -0.2) is 19.1 Å². The number of hydrogen-bond acceptors (Lipinski definition) is 3. The molecule has 1 aromatic carbocycles. The number of carbonyl (C=O) groups excluding carboxylic acids is 1. The molecule has 0 heterocycles. The van der Waals surface area contributed by atoms with E-state index in [0.29, 0.717) is 11.4 Å². The van der Waals surface area contributed by atoms with Gasteiger partial charge < -0.3 is 15.8 Å². The zero-order chi connectivity index (χ0) is 12.8. The number of anilines is 1. The van der Waals surface area contributed by atoms with E-state index in [4.69, 9.17) is 10.5 Å². The number of benzene rings is 1. The van der Waals surface area contributed by atoms with Crippen LogP contribution in [0.25, 0.3) is 0 Å². The molecule has 4 heteroatoms. The molecule has 4 nitrogen and oxygen atoms in total. The van der Waals surface area contributed by atoms with Crippen molar-refractivity contribution < 1.29 is 9.53 Å². The van der Waals surface area contributed by atoms with Gasteiger partial charge in [0.15, 0.2) is 0 Å². The Balaban J connectivity index is 2.74. The number of nitrogens with one attached hydrogen (secondary N) is 1. The van der Waals surface area contributed by atoms with E-state index in [-0.39, 0.29) is 11.8 Å². The molecule has 0 aliphatic heterocycles. The number of nitrogens with two attached hydrogens (primary N) is 1. The monoisotopic (exact) mass is 236 g/mol. The lowest BCUT2D eigenvalue weighted by molar-refractivity contribution is -0.118. The van der Waals surface area contributed by atoms with Gasteiger partial charge in [0.25, 0.3) is 0 Å². The normalized spacial score (nSPS) is 13.9. The van der Waals surface area contributed by atoms with Gasteiger partial charge in [-0.15, -0.1) is 0 Å². The van der Waals surface area contributed by atoms with Gasteiger partial charge in [0, 0.05) is 0 Å². The van der Waals surface area contributed by atoms with Crippen LogP contribution in [0.3, 0.4) is 0 Å². The average Bonchev–Trinajstić information content (AvgIpc) is 2.37. The van der Waals surface area contributed by atoms with Crippen molar-refractivity contribution >= 4 is 11.6 Å². The van der Waals surface area contributed by atoms with Crippen molar-refractivity contribution in [3.8, 4) is 5.75 Å². The molecule has 0 saturated carbocycles. The molecule has 17 heavy (non-hydrogen) atoms. The Labute approximate surface area is 102 Å². The van der Waals surface area contributed by atoms with Crippen molar-refractivity contribution in [3.63, 3.8) is 0 Å². The Bertz CT molecular complexity index is 379. The molecular weight excluding hydrogens is 216 g/mol. The van der Waals surface area contributed by atoms with E-state index in [0.717, 1.165) is 6.42 Å². The van der Waals surface area contributed by atoms with Crippen LogP contribution < -0.4 is 15.8 Å². The predicted octanol–water partition coefficient (Wildman–Crippen LogP) is 2.01.